The van der Waals surface area contributed by atoms with Gasteiger partial charge in [0, 0.05) is 18.8 Å². The van der Waals surface area contributed by atoms with E-state index in [2.05, 4.69) is 21.5 Å². The highest BCUT2D eigenvalue weighted by Crippen LogP contribution is 2.34. The Hall–Kier alpha value is -4.30. The molecule has 0 aliphatic carbocycles. The lowest BCUT2D eigenvalue weighted by atomic mass is 10.1. The predicted molar refractivity (Wildman–Crippen MR) is 125 cm³/mol. The van der Waals surface area contributed by atoms with Gasteiger partial charge in [-0.25, -0.2) is 9.50 Å². The second-order valence-electron chi connectivity index (χ2n) is 7.90. The van der Waals surface area contributed by atoms with Crippen molar-refractivity contribution in [2.75, 3.05) is 37.6 Å². The van der Waals surface area contributed by atoms with E-state index in [1.165, 1.54) is 14.2 Å². The zero-order valence-electron chi connectivity index (χ0n) is 18.8. The van der Waals surface area contributed by atoms with Crippen molar-refractivity contribution in [2.45, 2.75) is 18.9 Å². The fraction of sp³-hybridized carbons (Fsp3) is 0.304. The van der Waals surface area contributed by atoms with Crippen molar-refractivity contribution in [2.24, 2.45) is 0 Å². The number of benzene rings is 1. The van der Waals surface area contributed by atoms with Crippen molar-refractivity contribution in [3.05, 3.63) is 48.5 Å². The summed E-state index contributed by atoms with van der Waals surface area (Å²) in [6.45, 7) is 0.864. The molecular formula is C23H24N8O3. The highest BCUT2D eigenvalue weighted by atomic mass is 16.5. The van der Waals surface area contributed by atoms with Gasteiger partial charge in [-0.2, -0.15) is 10.2 Å². The molecule has 1 saturated heterocycles. The number of aliphatic hydroxyl groups excluding tert-OH is 1. The van der Waals surface area contributed by atoms with Crippen LogP contribution in [0.2, 0.25) is 0 Å². The molecule has 11 heteroatoms. The number of hydrogen-bond acceptors (Lipinski definition) is 9. The number of nitriles is 1. The van der Waals surface area contributed by atoms with Crippen LogP contribution in [-0.2, 0) is 0 Å². The van der Waals surface area contributed by atoms with Gasteiger partial charge in [0.05, 0.1) is 44.3 Å². The van der Waals surface area contributed by atoms with Crippen LogP contribution in [0.15, 0.2) is 43.0 Å². The van der Waals surface area contributed by atoms with Crippen LogP contribution in [0, 0.1) is 11.3 Å². The summed E-state index contributed by atoms with van der Waals surface area (Å²) in [5, 5.41) is 27.1. The van der Waals surface area contributed by atoms with Gasteiger partial charge >= 0.3 is 0 Å². The third-order valence-electron chi connectivity index (χ3n) is 5.94. The summed E-state index contributed by atoms with van der Waals surface area (Å²) in [6.07, 6.45) is 7.20. The highest BCUT2D eigenvalue weighted by Gasteiger charge is 2.27. The Kier molecular flexibility index (Phi) is 5.65. The second-order valence-corrected chi connectivity index (χ2v) is 7.90. The first-order valence-electron chi connectivity index (χ1n) is 10.9. The minimum absolute atomic E-state index is 0.0134. The fourth-order valence-electron chi connectivity index (χ4n) is 4.26. The molecule has 0 amide bonds. The zero-order chi connectivity index (χ0) is 23.7. The summed E-state index contributed by atoms with van der Waals surface area (Å²) >= 11 is 0. The number of aliphatic hydroxyl groups is 1. The van der Waals surface area contributed by atoms with Gasteiger partial charge in [0.15, 0.2) is 17.3 Å². The molecule has 5 rings (SSSR count). The maximum atomic E-state index is 9.72. The number of methoxy groups -OCH3 is 2. The molecule has 174 valence electrons. The van der Waals surface area contributed by atoms with Crippen molar-refractivity contribution in [3.8, 4) is 23.3 Å². The molecule has 1 aliphatic rings. The monoisotopic (exact) mass is 460 g/mol. The van der Waals surface area contributed by atoms with E-state index in [0.717, 1.165) is 24.9 Å². The number of ether oxygens (including phenoxy) is 2. The van der Waals surface area contributed by atoms with Crippen LogP contribution in [0.3, 0.4) is 0 Å². The number of hydrogen-bond donors (Lipinski definition) is 2. The molecule has 1 aromatic carbocycles. The Labute approximate surface area is 195 Å². The van der Waals surface area contributed by atoms with Crippen LogP contribution in [0.5, 0.6) is 11.5 Å². The van der Waals surface area contributed by atoms with E-state index in [0.29, 0.717) is 40.3 Å². The number of fused-ring (bicyclic) bond motifs is 1. The maximum absolute atomic E-state index is 9.72. The minimum Gasteiger partial charge on any atom is -0.493 e. The summed E-state index contributed by atoms with van der Waals surface area (Å²) in [5.74, 6) is 2.58. The second kappa shape index (κ2) is 8.92. The number of nitrogens with one attached hydrogen (secondary N) is 1. The van der Waals surface area contributed by atoms with E-state index < -0.39 is 0 Å². The third-order valence-corrected chi connectivity index (χ3v) is 5.94. The summed E-state index contributed by atoms with van der Waals surface area (Å²) in [5.41, 5.74) is 1.86. The highest BCUT2D eigenvalue weighted by molar-refractivity contribution is 5.73. The van der Waals surface area contributed by atoms with Gasteiger partial charge in [0.1, 0.15) is 23.7 Å². The average Bonchev–Trinajstić information content (AvgIpc) is 3.63. The van der Waals surface area contributed by atoms with Crippen molar-refractivity contribution >= 4 is 23.1 Å². The molecule has 1 fully saturated rings. The topological polar surface area (TPSA) is 126 Å². The molecule has 1 unspecified atom stereocenters. The lowest BCUT2D eigenvalue weighted by molar-refractivity contribution is 0.265. The molecule has 1 atom stereocenters. The Balaban J connectivity index is 1.48. The van der Waals surface area contributed by atoms with Crippen LogP contribution >= 0.6 is 0 Å². The van der Waals surface area contributed by atoms with E-state index in [9.17, 15) is 10.4 Å². The Morgan fingerprint density at radius 1 is 1.29 bits per heavy atom. The molecule has 0 bridgehead atoms. The molecule has 0 radical (unpaired) electrons. The Morgan fingerprint density at radius 3 is 2.94 bits per heavy atom. The van der Waals surface area contributed by atoms with Gasteiger partial charge in [-0.1, -0.05) is 0 Å². The van der Waals surface area contributed by atoms with Gasteiger partial charge in [0.25, 0.3) is 0 Å². The van der Waals surface area contributed by atoms with E-state index in [1.54, 1.807) is 33.7 Å². The smallest absolute Gasteiger partial charge is 0.245 e. The zero-order valence-corrected chi connectivity index (χ0v) is 18.8. The van der Waals surface area contributed by atoms with Crippen molar-refractivity contribution in [3.63, 3.8) is 0 Å². The van der Waals surface area contributed by atoms with Gasteiger partial charge in [-0.3, -0.25) is 0 Å². The SMILES string of the molecule is COc1cc(-n2cnc(Nc3nc(N4CCCC4CO)nn4cccc34)c2)cc(C#N)c1OC. The van der Waals surface area contributed by atoms with Crippen molar-refractivity contribution < 1.29 is 14.6 Å². The Bertz CT molecular complexity index is 1370. The van der Waals surface area contributed by atoms with Gasteiger partial charge < -0.3 is 29.4 Å². The molecule has 4 heterocycles. The lowest BCUT2D eigenvalue weighted by Gasteiger charge is -2.23. The van der Waals surface area contributed by atoms with Crippen LogP contribution < -0.4 is 19.7 Å². The van der Waals surface area contributed by atoms with Crippen LogP contribution in [0.1, 0.15) is 18.4 Å². The number of imidazole rings is 1. The first-order valence-corrected chi connectivity index (χ1v) is 10.9. The van der Waals surface area contributed by atoms with E-state index in [1.807, 2.05) is 23.2 Å². The maximum Gasteiger partial charge on any atom is 0.245 e. The first-order chi connectivity index (χ1) is 16.6. The molecule has 4 aromatic rings. The molecule has 11 nitrogen and oxygen atoms in total. The molecular weight excluding hydrogens is 436 g/mol. The van der Waals surface area contributed by atoms with Gasteiger partial charge in [-0.15, -0.1) is 5.10 Å². The van der Waals surface area contributed by atoms with E-state index >= 15 is 0 Å². The fourth-order valence-corrected chi connectivity index (χ4v) is 4.26. The minimum atomic E-state index is 0.0134. The normalized spacial score (nSPS) is 15.5. The summed E-state index contributed by atoms with van der Waals surface area (Å²) in [4.78, 5) is 11.3. The molecule has 0 spiro atoms. The Morgan fingerprint density at radius 2 is 2.18 bits per heavy atom. The van der Waals surface area contributed by atoms with Crippen LogP contribution in [-0.4, -0.2) is 62.7 Å². The van der Waals surface area contributed by atoms with Gasteiger partial charge in [0.2, 0.25) is 5.95 Å². The van der Waals surface area contributed by atoms with Crippen molar-refractivity contribution in [1.82, 2.24) is 24.1 Å². The van der Waals surface area contributed by atoms with Crippen LogP contribution in [0.25, 0.3) is 11.2 Å². The van der Waals surface area contributed by atoms with E-state index in [4.69, 9.17) is 14.5 Å². The third kappa shape index (κ3) is 3.74. The number of nitrogens with zero attached hydrogens (tertiary/aromatic N) is 7. The van der Waals surface area contributed by atoms with Gasteiger partial charge in [-0.05, 0) is 31.0 Å². The lowest BCUT2D eigenvalue weighted by Crippen LogP contribution is -2.34. The summed E-state index contributed by atoms with van der Waals surface area (Å²) in [7, 11) is 3.03. The molecule has 1 aliphatic heterocycles. The molecule has 2 N–H and O–H groups in total. The van der Waals surface area contributed by atoms with Crippen LogP contribution in [0.4, 0.5) is 17.6 Å². The number of rotatable bonds is 7. The number of aromatic nitrogens is 5. The van der Waals surface area contributed by atoms with E-state index in [-0.39, 0.29) is 12.6 Å². The standard InChI is InChI=1S/C23H24N8O3/c1-33-19-10-17(9-15(11-24)21(19)34-2)29-12-20(25-14-29)26-22-18-6-4-8-31(18)28-23(27-22)30-7-3-5-16(30)13-32/h4,6,8-10,12,14,16,32H,3,5,7,13H2,1-2H3,(H,26,27,28). The molecule has 3 aromatic heterocycles. The average molecular weight is 460 g/mol. The molecule has 34 heavy (non-hydrogen) atoms. The summed E-state index contributed by atoms with van der Waals surface area (Å²) in [6, 6.07) is 9.47. The predicted octanol–water partition coefficient (Wildman–Crippen LogP) is 2.51. The summed E-state index contributed by atoms with van der Waals surface area (Å²) < 4.78 is 14.3. The first kappa shape index (κ1) is 21.5. The van der Waals surface area contributed by atoms with Crippen molar-refractivity contribution in [1.29, 1.82) is 5.26 Å². The molecule has 0 saturated carbocycles. The number of anilines is 3. The largest absolute Gasteiger partial charge is 0.493 e. The quantitative estimate of drug-likeness (QED) is 0.428.